The Kier molecular flexibility index (Phi) is 4.76. The van der Waals surface area contributed by atoms with Crippen molar-refractivity contribution in [1.82, 2.24) is 4.57 Å². The Labute approximate surface area is 113 Å². The molecule has 0 saturated heterocycles. The van der Waals surface area contributed by atoms with Crippen molar-refractivity contribution in [3.63, 3.8) is 0 Å². The van der Waals surface area contributed by atoms with Gasteiger partial charge in [0.05, 0.1) is 6.54 Å². The summed E-state index contributed by atoms with van der Waals surface area (Å²) in [6, 6.07) is 12.8. The number of rotatable bonds is 6. The van der Waals surface area contributed by atoms with E-state index in [1.807, 2.05) is 11.8 Å². The van der Waals surface area contributed by atoms with E-state index in [9.17, 15) is 0 Å². The molecule has 1 aromatic carbocycles. The van der Waals surface area contributed by atoms with Crippen molar-refractivity contribution in [3.05, 3.63) is 48.3 Å². The Balaban J connectivity index is 2.06. The molecule has 0 unspecified atom stereocenters. The van der Waals surface area contributed by atoms with Crippen molar-refractivity contribution in [2.75, 3.05) is 11.1 Å². The van der Waals surface area contributed by atoms with Crippen LogP contribution in [0.5, 0.6) is 0 Å². The number of nitrogens with zero attached hydrogens (tertiary/aromatic N) is 1. The largest absolute Gasteiger partial charge is 0.379 e. The summed E-state index contributed by atoms with van der Waals surface area (Å²) < 4.78 is 2.27. The van der Waals surface area contributed by atoms with E-state index in [0.29, 0.717) is 0 Å². The highest BCUT2D eigenvalue weighted by Gasteiger charge is 2.03. The molecule has 0 radical (unpaired) electrons. The first kappa shape index (κ1) is 13.1. The van der Waals surface area contributed by atoms with Crippen LogP contribution in [0.15, 0.2) is 47.5 Å². The Morgan fingerprint density at radius 1 is 1.11 bits per heavy atom. The van der Waals surface area contributed by atoms with Gasteiger partial charge in [0.2, 0.25) is 0 Å². The molecular formula is C15H20N2S. The fraction of sp³-hybridized carbons (Fsp3) is 0.333. The molecule has 1 N–H and O–H groups in total. The van der Waals surface area contributed by atoms with Crippen LogP contribution < -0.4 is 5.32 Å². The lowest BCUT2D eigenvalue weighted by molar-refractivity contribution is 0.723. The number of thioether (sulfide) groups is 1. The van der Waals surface area contributed by atoms with Crippen LogP contribution in [0.25, 0.3) is 0 Å². The molecule has 0 fully saturated rings. The van der Waals surface area contributed by atoms with Gasteiger partial charge in [-0.2, -0.15) is 0 Å². The van der Waals surface area contributed by atoms with E-state index in [1.165, 1.54) is 16.3 Å². The first-order valence-electron chi connectivity index (χ1n) is 6.44. The fourth-order valence-electron chi connectivity index (χ4n) is 2.00. The van der Waals surface area contributed by atoms with Crippen LogP contribution in [0.1, 0.15) is 19.5 Å². The van der Waals surface area contributed by atoms with Gasteiger partial charge in [0.15, 0.2) is 0 Å². The summed E-state index contributed by atoms with van der Waals surface area (Å²) in [4.78, 5) is 1.33. The van der Waals surface area contributed by atoms with Crippen LogP contribution in [0.3, 0.4) is 0 Å². The topological polar surface area (TPSA) is 17.0 Å². The molecule has 2 rings (SSSR count). The summed E-state index contributed by atoms with van der Waals surface area (Å²) in [5, 5.41) is 3.53. The number of hydrogen-bond acceptors (Lipinski definition) is 2. The van der Waals surface area contributed by atoms with E-state index in [1.54, 1.807) is 0 Å². The number of aromatic nitrogens is 1. The standard InChI is InChI=1S/C15H20N2S/c1-3-17-11-7-8-13(17)12-16-14-9-5-6-10-15(14)18-4-2/h5-11,16H,3-4,12H2,1-2H3. The normalized spacial score (nSPS) is 10.6. The van der Waals surface area contributed by atoms with E-state index in [-0.39, 0.29) is 0 Å². The molecule has 1 aromatic heterocycles. The molecule has 3 heteroatoms. The third-order valence-electron chi connectivity index (χ3n) is 2.91. The molecular weight excluding hydrogens is 240 g/mol. The molecule has 18 heavy (non-hydrogen) atoms. The Morgan fingerprint density at radius 2 is 1.94 bits per heavy atom. The van der Waals surface area contributed by atoms with Crippen molar-refractivity contribution in [1.29, 1.82) is 0 Å². The molecule has 0 aliphatic heterocycles. The number of nitrogens with one attached hydrogen (secondary N) is 1. The number of para-hydroxylation sites is 1. The van der Waals surface area contributed by atoms with E-state index < -0.39 is 0 Å². The lowest BCUT2D eigenvalue weighted by atomic mass is 10.3. The lowest BCUT2D eigenvalue weighted by Crippen LogP contribution is -2.06. The number of aryl methyl sites for hydroxylation is 1. The number of benzene rings is 1. The van der Waals surface area contributed by atoms with Gasteiger partial charge in [-0.25, -0.2) is 0 Å². The zero-order chi connectivity index (χ0) is 12.8. The Hall–Kier alpha value is -1.35. The van der Waals surface area contributed by atoms with E-state index in [2.05, 4.69) is 66.3 Å². The molecule has 0 atom stereocenters. The highest BCUT2D eigenvalue weighted by atomic mass is 32.2. The van der Waals surface area contributed by atoms with Crippen LogP contribution in [0.4, 0.5) is 5.69 Å². The van der Waals surface area contributed by atoms with Gasteiger partial charge < -0.3 is 9.88 Å². The summed E-state index contributed by atoms with van der Waals surface area (Å²) in [5.74, 6) is 1.10. The van der Waals surface area contributed by atoms with E-state index in [0.717, 1.165) is 18.8 Å². The molecule has 2 nitrogen and oxygen atoms in total. The SMILES string of the molecule is CCSc1ccccc1NCc1cccn1CC. The predicted octanol–water partition coefficient (Wildman–Crippen LogP) is 4.23. The minimum Gasteiger partial charge on any atom is -0.379 e. The average Bonchev–Trinajstić information content (AvgIpc) is 2.85. The maximum absolute atomic E-state index is 3.53. The highest BCUT2D eigenvalue weighted by Crippen LogP contribution is 2.26. The smallest absolute Gasteiger partial charge is 0.0553 e. The van der Waals surface area contributed by atoms with Crippen LogP contribution >= 0.6 is 11.8 Å². The first-order valence-corrected chi connectivity index (χ1v) is 7.43. The van der Waals surface area contributed by atoms with E-state index >= 15 is 0 Å². The minimum atomic E-state index is 0.877. The second-order valence-corrected chi connectivity index (χ2v) is 5.37. The lowest BCUT2D eigenvalue weighted by Gasteiger charge is -2.12. The number of anilines is 1. The molecule has 96 valence electrons. The predicted molar refractivity (Wildman–Crippen MR) is 80.3 cm³/mol. The van der Waals surface area contributed by atoms with Crippen LogP contribution in [-0.4, -0.2) is 10.3 Å². The van der Waals surface area contributed by atoms with Gasteiger partial charge >= 0.3 is 0 Å². The van der Waals surface area contributed by atoms with Crippen LogP contribution in [0.2, 0.25) is 0 Å². The van der Waals surface area contributed by atoms with Crippen molar-refractivity contribution in [2.45, 2.75) is 31.8 Å². The van der Waals surface area contributed by atoms with Crippen molar-refractivity contribution >= 4 is 17.4 Å². The zero-order valence-electron chi connectivity index (χ0n) is 11.0. The second kappa shape index (κ2) is 6.55. The maximum Gasteiger partial charge on any atom is 0.0553 e. The Morgan fingerprint density at radius 3 is 2.72 bits per heavy atom. The molecule has 0 saturated carbocycles. The molecule has 0 aliphatic rings. The molecule has 2 aromatic rings. The summed E-state index contributed by atoms with van der Waals surface area (Å²) >= 11 is 1.88. The van der Waals surface area contributed by atoms with Crippen molar-refractivity contribution in [3.8, 4) is 0 Å². The third kappa shape index (κ3) is 3.10. The van der Waals surface area contributed by atoms with Gasteiger partial charge in [-0.15, -0.1) is 11.8 Å². The summed E-state index contributed by atoms with van der Waals surface area (Å²) in [7, 11) is 0. The molecule has 1 heterocycles. The van der Waals surface area contributed by atoms with Gasteiger partial charge in [-0.05, 0) is 36.9 Å². The highest BCUT2D eigenvalue weighted by molar-refractivity contribution is 7.99. The maximum atomic E-state index is 3.53. The monoisotopic (exact) mass is 260 g/mol. The molecule has 0 amide bonds. The van der Waals surface area contributed by atoms with Gasteiger partial charge in [-0.1, -0.05) is 19.1 Å². The van der Waals surface area contributed by atoms with Gasteiger partial charge in [0.1, 0.15) is 0 Å². The fourth-order valence-corrected chi connectivity index (χ4v) is 2.78. The third-order valence-corrected chi connectivity index (χ3v) is 3.87. The second-order valence-electron chi connectivity index (χ2n) is 4.07. The Bertz CT molecular complexity index is 491. The summed E-state index contributed by atoms with van der Waals surface area (Å²) in [6.07, 6.45) is 2.13. The summed E-state index contributed by atoms with van der Waals surface area (Å²) in [6.45, 7) is 6.26. The first-order chi connectivity index (χ1) is 8.85. The number of hydrogen-bond donors (Lipinski definition) is 1. The quantitative estimate of drug-likeness (QED) is 0.783. The minimum absolute atomic E-state index is 0.877. The van der Waals surface area contributed by atoms with Gasteiger partial charge in [0.25, 0.3) is 0 Å². The molecule has 0 bridgehead atoms. The molecule has 0 aliphatic carbocycles. The summed E-state index contributed by atoms with van der Waals surface area (Å²) in [5.41, 5.74) is 2.56. The van der Waals surface area contributed by atoms with Crippen LogP contribution in [0, 0.1) is 0 Å². The van der Waals surface area contributed by atoms with E-state index in [4.69, 9.17) is 0 Å². The van der Waals surface area contributed by atoms with Gasteiger partial charge in [-0.3, -0.25) is 0 Å². The van der Waals surface area contributed by atoms with Gasteiger partial charge in [0, 0.05) is 29.0 Å². The molecule has 0 spiro atoms. The van der Waals surface area contributed by atoms with Crippen molar-refractivity contribution in [2.24, 2.45) is 0 Å². The zero-order valence-corrected chi connectivity index (χ0v) is 11.8. The van der Waals surface area contributed by atoms with Crippen molar-refractivity contribution < 1.29 is 0 Å². The average molecular weight is 260 g/mol. The van der Waals surface area contributed by atoms with Crippen LogP contribution in [-0.2, 0) is 13.1 Å².